The molecule has 0 bridgehead atoms. The summed E-state index contributed by atoms with van der Waals surface area (Å²) in [6.07, 6.45) is -2.02. The van der Waals surface area contributed by atoms with Crippen molar-refractivity contribution >= 4 is 28.4 Å². The lowest BCUT2D eigenvalue weighted by Gasteiger charge is -2.35. The van der Waals surface area contributed by atoms with Crippen LogP contribution in [0.25, 0.3) is 22.0 Å². The van der Waals surface area contributed by atoms with Crippen LogP contribution in [0, 0.1) is 0 Å². The second-order valence-electron chi connectivity index (χ2n) is 11.2. The van der Waals surface area contributed by atoms with Gasteiger partial charge < -0.3 is 20.4 Å². The van der Waals surface area contributed by atoms with Crippen molar-refractivity contribution in [3.05, 3.63) is 88.6 Å². The van der Waals surface area contributed by atoms with E-state index in [0.29, 0.717) is 18.7 Å². The Labute approximate surface area is 274 Å². The van der Waals surface area contributed by atoms with Crippen molar-refractivity contribution < 1.29 is 22.7 Å². The van der Waals surface area contributed by atoms with E-state index in [1.807, 2.05) is 38.2 Å². The van der Waals surface area contributed by atoms with E-state index in [1.165, 1.54) is 19.1 Å². The van der Waals surface area contributed by atoms with Crippen molar-refractivity contribution in [2.75, 3.05) is 32.7 Å². The maximum absolute atomic E-state index is 13.0. The minimum atomic E-state index is -4.82. The fraction of sp³-hybridized carbons (Fsp3) is 0.400. The van der Waals surface area contributed by atoms with E-state index in [0.717, 1.165) is 83.9 Å². The van der Waals surface area contributed by atoms with Crippen LogP contribution >= 0.6 is 11.6 Å². The summed E-state index contributed by atoms with van der Waals surface area (Å²) in [5.74, 6) is -0.611. The third-order valence-electron chi connectivity index (χ3n) is 7.90. The number of carbonyl (C=O) groups excluding carboxylic acids is 1. The second kappa shape index (κ2) is 16.3. The number of nitrogens with one attached hydrogen (secondary N) is 1. The first-order chi connectivity index (χ1) is 22.1. The summed E-state index contributed by atoms with van der Waals surface area (Å²) in [6, 6.07) is 18.6. The van der Waals surface area contributed by atoms with Crippen molar-refractivity contribution in [2.45, 2.75) is 59.7 Å². The Bertz CT molecular complexity index is 1600. The number of nitrogens with two attached hydrogens (primary N) is 1. The molecular formula is C35H43ClF3N5O2. The quantitative estimate of drug-likeness (QED) is 0.179. The first kappa shape index (κ1) is 35.3. The fourth-order valence-corrected chi connectivity index (χ4v) is 5.93. The molecule has 5 rings (SSSR count). The number of halogens is 4. The number of ether oxygens (including phenoxy) is 1. The van der Waals surface area contributed by atoms with Crippen molar-refractivity contribution in [2.24, 2.45) is 5.73 Å². The Morgan fingerprint density at radius 1 is 0.935 bits per heavy atom. The molecule has 7 nitrogen and oxygen atoms in total. The van der Waals surface area contributed by atoms with Crippen LogP contribution in [-0.4, -0.2) is 59.4 Å². The third-order valence-corrected chi connectivity index (χ3v) is 8.27. The van der Waals surface area contributed by atoms with E-state index in [-0.39, 0.29) is 18.2 Å². The highest BCUT2D eigenvalue weighted by Gasteiger charge is 2.31. The molecule has 4 aromatic rings. The Morgan fingerprint density at radius 2 is 1.63 bits per heavy atom. The van der Waals surface area contributed by atoms with Crippen LogP contribution < -0.4 is 15.8 Å². The molecule has 46 heavy (non-hydrogen) atoms. The molecule has 1 aliphatic heterocycles. The number of rotatable bonds is 11. The number of piperazine rings is 1. The average molecular weight is 658 g/mol. The molecule has 248 valence electrons. The van der Waals surface area contributed by atoms with Crippen LogP contribution in [-0.2, 0) is 31.0 Å². The van der Waals surface area contributed by atoms with E-state index >= 15 is 0 Å². The van der Waals surface area contributed by atoms with Crippen molar-refractivity contribution in [1.29, 1.82) is 0 Å². The van der Waals surface area contributed by atoms with Gasteiger partial charge >= 0.3 is 6.36 Å². The van der Waals surface area contributed by atoms with Crippen molar-refractivity contribution in [1.82, 2.24) is 19.7 Å². The number of fused-ring (bicyclic) bond motifs is 1. The van der Waals surface area contributed by atoms with Gasteiger partial charge in [0.15, 0.2) is 0 Å². The molecule has 1 aromatic heterocycles. The van der Waals surface area contributed by atoms with Gasteiger partial charge in [-0.05, 0) is 65.6 Å². The average Bonchev–Trinajstić information content (AvgIpc) is 3.38. The molecule has 3 aromatic carbocycles. The monoisotopic (exact) mass is 657 g/mol. The van der Waals surface area contributed by atoms with Crippen LogP contribution in [0.3, 0.4) is 0 Å². The summed E-state index contributed by atoms with van der Waals surface area (Å²) in [5.41, 5.74) is 11.2. The Balaban J connectivity index is 0.00000235. The fourth-order valence-electron chi connectivity index (χ4n) is 5.73. The first-order valence-corrected chi connectivity index (χ1v) is 16.1. The first-order valence-electron chi connectivity index (χ1n) is 15.7. The van der Waals surface area contributed by atoms with Gasteiger partial charge in [-0.3, -0.25) is 14.6 Å². The number of nitrogens with zero attached hydrogens (tertiary/aromatic N) is 3. The molecule has 3 N–H and O–H groups in total. The third kappa shape index (κ3) is 9.48. The summed E-state index contributed by atoms with van der Waals surface area (Å²) < 4.78 is 45.3. The number of hydrogen-bond donors (Lipinski definition) is 2. The van der Waals surface area contributed by atoms with Crippen LogP contribution in [0.15, 0.2) is 66.9 Å². The van der Waals surface area contributed by atoms with Gasteiger partial charge in [0.1, 0.15) is 5.75 Å². The number of amides is 1. The van der Waals surface area contributed by atoms with E-state index in [1.54, 1.807) is 6.07 Å². The SMILES string of the molecule is CC.CC(=O)NCc1cc(OC(F)(F)F)ccc1-c1cn(CCCN)c2ccc(CN3CCN(Cc4ccccc4Cl)CC3)cc12. The molecule has 0 unspecified atom stereocenters. The molecule has 0 aliphatic carbocycles. The molecule has 1 amide bonds. The molecule has 2 heterocycles. The number of benzene rings is 3. The lowest BCUT2D eigenvalue weighted by atomic mass is 9.97. The summed E-state index contributed by atoms with van der Waals surface area (Å²) >= 11 is 6.37. The Morgan fingerprint density at radius 3 is 2.28 bits per heavy atom. The molecule has 1 fully saturated rings. The molecular weight excluding hydrogens is 615 g/mol. The van der Waals surface area contributed by atoms with Gasteiger partial charge in [-0.1, -0.05) is 55.8 Å². The number of aryl methyl sites for hydroxylation is 1. The predicted molar refractivity (Wildman–Crippen MR) is 179 cm³/mol. The smallest absolute Gasteiger partial charge is 0.406 e. The minimum Gasteiger partial charge on any atom is -0.406 e. The lowest BCUT2D eigenvalue weighted by Crippen LogP contribution is -2.45. The maximum Gasteiger partial charge on any atom is 0.573 e. The highest BCUT2D eigenvalue weighted by Crippen LogP contribution is 2.36. The largest absolute Gasteiger partial charge is 0.573 e. The van der Waals surface area contributed by atoms with Gasteiger partial charge in [0, 0.05) is 87.0 Å². The zero-order valence-electron chi connectivity index (χ0n) is 26.7. The molecule has 11 heteroatoms. The second-order valence-corrected chi connectivity index (χ2v) is 11.6. The lowest BCUT2D eigenvalue weighted by molar-refractivity contribution is -0.274. The van der Waals surface area contributed by atoms with Gasteiger partial charge in [0.25, 0.3) is 0 Å². The summed E-state index contributed by atoms with van der Waals surface area (Å²) in [5, 5.41) is 4.50. The summed E-state index contributed by atoms with van der Waals surface area (Å²) in [7, 11) is 0. The van der Waals surface area contributed by atoms with E-state index in [4.69, 9.17) is 17.3 Å². The van der Waals surface area contributed by atoms with Gasteiger partial charge in [0.05, 0.1) is 0 Å². The van der Waals surface area contributed by atoms with Gasteiger partial charge in [-0.25, -0.2) is 0 Å². The van der Waals surface area contributed by atoms with Crippen molar-refractivity contribution in [3.8, 4) is 16.9 Å². The van der Waals surface area contributed by atoms with Crippen molar-refractivity contribution in [3.63, 3.8) is 0 Å². The Kier molecular flexibility index (Phi) is 12.5. The summed E-state index contributed by atoms with van der Waals surface area (Å²) in [4.78, 5) is 16.6. The molecule has 1 saturated heterocycles. The number of carbonyl (C=O) groups is 1. The molecule has 1 aliphatic rings. The zero-order valence-corrected chi connectivity index (χ0v) is 27.4. The van der Waals surface area contributed by atoms with Gasteiger partial charge in [-0.15, -0.1) is 13.2 Å². The van der Waals surface area contributed by atoms with Crippen LogP contribution in [0.2, 0.25) is 5.02 Å². The topological polar surface area (TPSA) is 75.8 Å². The highest BCUT2D eigenvalue weighted by atomic mass is 35.5. The van der Waals surface area contributed by atoms with Crippen LogP contribution in [0.4, 0.5) is 13.2 Å². The minimum absolute atomic E-state index is 0.0629. The standard InChI is InChI=1S/C33H37ClF3N5O2.C2H6/c1-23(43)39-19-26-18-27(44-33(35,36)37)8-9-28(26)30-22-42(12-4-11-38)32-10-7-24(17-29(30)32)20-40-13-15-41(16-14-40)21-25-5-2-3-6-31(25)34;1-2/h2-3,5-10,17-18,22H,4,11-16,19-21,38H2,1H3,(H,39,43);1-2H3. The number of aromatic nitrogens is 1. The van der Waals surface area contributed by atoms with E-state index in [2.05, 4.69) is 48.7 Å². The maximum atomic E-state index is 13.0. The highest BCUT2D eigenvalue weighted by molar-refractivity contribution is 6.31. The van der Waals surface area contributed by atoms with Gasteiger partial charge in [0.2, 0.25) is 5.91 Å². The number of alkyl halides is 3. The number of hydrogen-bond acceptors (Lipinski definition) is 5. The Hall–Kier alpha value is -3.57. The zero-order chi connectivity index (χ0) is 33.3. The molecule has 0 radical (unpaired) electrons. The molecule has 0 spiro atoms. The molecule has 0 saturated carbocycles. The van der Waals surface area contributed by atoms with E-state index in [9.17, 15) is 18.0 Å². The normalized spacial score (nSPS) is 14.2. The van der Waals surface area contributed by atoms with Crippen LogP contribution in [0.5, 0.6) is 5.75 Å². The predicted octanol–water partition coefficient (Wildman–Crippen LogP) is 7.19. The van der Waals surface area contributed by atoms with E-state index < -0.39 is 6.36 Å². The van der Waals surface area contributed by atoms with Gasteiger partial charge in [-0.2, -0.15) is 0 Å². The van der Waals surface area contributed by atoms with Crippen LogP contribution in [0.1, 0.15) is 43.9 Å². The molecule has 0 atom stereocenters. The summed E-state index contributed by atoms with van der Waals surface area (Å²) in [6.45, 7) is 12.0.